The standard InChI is InChI=1S/C18H23N3OS/c1-2-13-5-7-14(8-6-13)18-21-16(12-23-18)10-17(22)20-15-4-3-9-19-11-15/h5-8,12,15,19H,2-4,9-11H2,1H3,(H,20,22)/t15-/m0/s1. The summed E-state index contributed by atoms with van der Waals surface area (Å²) in [6, 6.07) is 8.75. The molecule has 3 rings (SSSR count). The Balaban J connectivity index is 1.58. The molecule has 1 aromatic carbocycles. The molecule has 0 spiro atoms. The molecular weight excluding hydrogens is 306 g/mol. The van der Waals surface area contributed by atoms with E-state index in [1.807, 2.05) is 5.38 Å². The van der Waals surface area contributed by atoms with Crippen molar-refractivity contribution in [2.75, 3.05) is 13.1 Å². The summed E-state index contributed by atoms with van der Waals surface area (Å²) in [6.45, 7) is 4.08. The van der Waals surface area contributed by atoms with Gasteiger partial charge in [0.15, 0.2) is 0 Å². The zero-order chi connectivity index (χ0) is 16.1. The van der Waals surface area contributed by atoms with Gasteiger partial charge in [-0.25, -0.2) is 4.98 Å². The number of thiazole rings is 1. The molecule has 5 heteroatoms. The van der Waals surface area contributed by atoms with Crippen LogP contribution >= 0.6 is 11.3 Å². The summed E-state index contributed by atoms with van der Waals surface area (Å²) in [6.07, 6.45) is 3.59. The number of aryl methyl sites for hydroxylation is 1. The summed E-state index contributed by atoms with van der Waals surface area (Å²) >= 11 is 1.60. The normalized spacial score (nSPS) is 17.9. The Bertz CT molecular complexity index is 645. The quantitative estimate of drug-likeness (QED) is 0.887. The molecule has 23 heavy (non-hydrogen) atoms. The van der Waals surface area contributed by atoms with Gasteiger partial charge in [-0.1, -0.05) is 31.2 Å². The van der Waals surface area contributed by atoms with E-state index < -0.39 is 0 Å². The molecule has 0 bridgehead atoms. The number of carbonyl (C=O) groups excluding carboxylic acids is 1. The zero-order valence-corrected chi connectivity index (χ0v) is 14.3. The Morgan fingerprint density at radius 2 is 2.22 bits per heavy atom. The van der Waals surface area contributed by atoms with Gasteiger partial charge in [0.25, 0.3) is 0 Å². The van der Waals surface area contributed by atoms with E-state index in [1.165, 1.54) is 5.56 Å². The highest BCUT2D eigenvalue weighted by Crippen LogP contribution is 2.24. The van der Waals surface area contributed by atoms with Crippen LogP contribution in [-0.2, 0) is 17.6 Å². The molecule has 2 N–H and O–H groups in total. The minimum Gasteiger partial charge on any atom is -0.352 e. The van der Waals surface area contributed by atoms with Crippen molar-refractivity contribution in [1.29, 1.82) is 0 Å². The molecule has 2 heterocycles. The highest BCUT2D eigenvalue weighted by molar-refractivity contribution is 7.13. The summed E-state index contributed by atoms with van der Waals surface area (Å²) in [5, 5.41) is 9.37. The summed E-state index contributed by atoms with van der Waals surface area (Å²) in [5.74, 6) is 0.0666. The molecule has 2 aromatic rings. The molecule has 1 amide bonds. The van der Waals surface area contributed by atoms with E-state index in [4.69, 9.17) is 0 Å². The number of benzene rings is 1. The van der Waals surface area contributed by atoms with Gasteiger partial charge in [0.2, 0.25) is 5.91 Å². The van der Waals surface area contributed by atoms with Crippen LogP contribution in [0.5, 0.6) is 0 Å². The van der Waals surface area contributed by atoms with Crippen LogP contribution in [0.3, 0.4) is 0 Å². The number of nitrogens with zero attached hydrogens (tertiary/aromatic N) is 1. The van der Waals surface area contributed by atoms with E-state index in [-0.39, 0.29) is 11.9 Å². The van der Waals surface area contributed by atoms with Crippen molar-refractivity contribution in [3.63, 3.8) is 0 Å². The largest absolute Gasteiger partial charge is 0.352 e. The van der Waals surface area contributed by atoms with Gasteiger partial charge in [0.1, 0.15) is 5.01 Å². The maximum absolute atomic E-state index is 12.1. The second kappa shape index (κ2) is 7.70. The van der Waals surface area contributed by atoms with Gasteiger partial charge in [-0.05, 0) is 31.4 Å². The van der Waals surface area contributed by atoms with Gasteiger partial charge in [0.05, 0.1) is 12.1 Å². The molecule has 1 saturated heterocycles. The fraction of sp³-hybridized carbons (Fsp3) is 0.444. The average molecular weight is 329 g/mol. The smallest absolute Gasteiger partial charge is 0.226 e. The molecule has 122 valence electrons. The van der Waals surface area contributed by atoms with Gasteiger partial charge in [-0.2, -0.15) is 0 Å². The fourth-order valence-electron chi connectivity index (χ4n) is 2.82. The first-order valence-electron chi connectivity index (χ1n) is 8.28. The van der Waals surface area contributed by atoms with Crippen molar-refractivity contribution in [2.24, 2.45) is 0 Å². The third-order valence-electron chi connectivity index (χ3n) is 4.16. The number of aromatic nitrogens is 1. The number of amides is 1. The van der Waals surface area contributed by atoms with Crippen LogP contribution in [0.2, 0.25) is 0 Å². The van der Waals surface area contributed by atoms with E-state index >= 15 is 0 Å². The van der Waals surface area contributed by atoms with Crippen molar-refractivity contribution in [2.45, 2.75) is 38.6 Å². The van der Waals surface area contributed by atoms with Crippen LogP contribution in [0.15, 0.2) is 29.6 Å². The van der Waals surface area contributed by atoms with Crippen LogP contribution in [0.25, 0.3) is 10.6 Å². The highest BCUT2D eigenvalue weighted by Gasteiger charge is 2.16. The van der Waals surface area contributed by atoms with E-state index in [9.17, 15) is 4.79 Å². The average Bonchev–Trinajstić information content (AvgIpc) is 3.04. The number of hydrogen-bond donors (Lipinski definition) is 2. The second-order valence-electron chi connectivity index (χ2n) is 5.98. The van der Waals surface area contributed by atoms with Gasteiger partial charge in [-0.3, -0.25) is 4.79 Å². The van der Waals surface area contributed by atoms with Crippen LogP contribution in [0.4, 0.5) is 0 Å². The maximum atomic E-state index is 12.1. The number of rotatable bonds is 5. The summed E-state index contributed by atoms with van der Waals surface area (Å²) in [5.41, 5.74) is 3.30. The number of piperidine rings is 1. The first-order valence-corrected chi connectivity index (χ1v) is 9.16. The second-order valence-corrected chi connectivity index (χ2v) is 6.84. The van der Waals surface area contributed by atoms with E-state index in [0.717, 1.165) is 48.6 Å². The lowest BCUT2D eigenvalue weighted by atomic mass is 10.1. The number of nitrogens with one attached hydrogen (secondary N) is 2. The Morgan fingerprint density at radius 3 is 2.91 bits per heavy atom. The van der Waals surface area contributed by atoms with Crippen LogP contribution in [-0.4, -0.2) is 30.0 Å². The van der Waals surface area contributed by atoms with Crippen molar-refractivity contribution >= 4 is 17.2 Å². The lowest BCUT2D eigenvalue weighted by Crippen LogP contribution is -2.46. The third-order valence-corrected chi connectivity index (χ3v) is 5.10. The lowest BCUT2D eigenvalue weighted by molar-refractivity contribution is -0.121. The molecule has 0 radical (unpaired) electrons. The predicted molar refractivity (Wildman–Crippen MR) is 94.7 cm³/mol. The summed E-state index contributed by atoms with van der Waals surface area (Å²) < 4.78 is 0. The third kappa shape index (κ3) is 4.39. The number of carbonyl (C=O) groups is 1. The number of hydrogen-bond acceptors (Lipinski definition) is 4. The van der Waals surface area contributed by atoms with Crippen LogP contribution in [0, 0.1) is 0 Å². The molecule has 4 nitrogen and oxygen atoms in total. The summed E-state index contributed by atoms with van der Waals surface area (Å²) in [7, 11) is 0. The first kappa shape index (κ1) is 16.1. The van der Waals surface area contributed by atoms with Crippen LogP contribution in [0.1, 0.15) is 31.0 Å². The minimum atomic E-state index is 0.0666. The molecular formula is C18H23N3OS. The Hall–Kier alpha value is -1.72. The highest BCUT2D eigenvalue weighted by atomic mass is 32.1. The molecule has 0 unspecified atom stereocenters. The van der Waals surface area contributed by atoms with Crippen molar-refractivity contribution < 1.29 is 4.79 Å². The van der Waals surface area contributed by atoms with E-state index in [1.54, 1.807) is 11.3 Å². The Labute approximate surface area is 141 Å². The molecule has 0 aliphatic carbocycles. The van der Waals surface area contributed by atoms with Gasteiger partial charge in [-0.15, -0.1) is 11.3 Å². The van der Waals surface area contributed by atoms with Gasteiger partial charge >= 0.3 is 0 Å². The van der Waals surface area contributed by atoms with Gasteiger partial charge < -0.3 is 10.6 Å². The SMILES string of the molecule is CCc1ccc(-c2nc(CC(=O)N[C@H]3CCCNC3)cs2)cc1. The molecule has 1 aliphatic rings. The first-order chi connectivity index (χ1) is 11.2. The topological polar surface area (TPSA) is 54.0 Å². The van der Waals surface area contributed by atoms with Crippen molar-refractivity contribution in [1.82, 2.24) is 15.6 Å². The molecule has 1 atom stereocenters. The Kier molecular flexibility index (Phi) is 5.41. The minimum absolute atomic E-state index is 0.0666. The molecule has 0 saturated carbocycles. The molecule has 1 aromatic heterocycles. The van der Waals surface area contributed by atoms with Crippen molar-refractivity contribution in [3.8, 4) is 10.6 Å². The van der Waals surface area contributed by atoms with E-state index in [2.05, 4.69) is 46.8 Å². The maximum Gasteiger partial charge on any atom is 0.226 e. The van der Waals surface area contributed by atoms with Gasteiger partial charge in [0, 0.05) is 23.5 Å². The molecule has 1 fully saturated rings. The predicted octanol–water partition coefficient (Wildman–Crippen LogP) is 2.78. The van der Waals surface area contributed by atoms with Crippen LogP contribution < -0.4 is 10.6 Å². The lowest BCUT2D eigenvalue weighted by Gasteiger charge is -2.23. The van der Waals surface area contributed by atoms with Crippen molar-refractivity contribution in [3.05, 3.63) is 40.9 Å². The monoisotopic (exact) mass is 329 g/mol. The zero-order valence-electron chi connectivity index (χ0n) is 13.5. The Morgan fingerprint density at radius 1 is 1.39 bits per heavy atom. The van der Waals surface area contributed by atoms with E-state index in [0.29, 0.717) is 6.42 Å². The molecule has 1 aliphatic heterocycles. The summed E-state index contributed by atoms with van der Waals surface area (Å²) in [4.78, 5) is 16.7. The fourth-order valence-corrected chi connectivity index (χ4v) is 3.65.